The van der Waals surface area contributed by atoms with Crippen LogP contribution >= 0.6 is 0 Å². The highest BCUT2D eigenvalue weighted by Crippen LogP contribution is 2.29. The van der Waals surface area contributed by atoms with Gasteiger partial charge in [0.15, 0.2) is 0 Å². The van der Waals surface area contributed by atoms with Crippen LogP contribution in [0.1, 0.15) is 25.7 Å². The van der Waals surface area contributed by atoms with Gasteiger partial charge in [-0.2, -0.15) is 0 Å². The standard InChI is InChI=1S/C22H26N4O2/c27-21(23-11-14-25-12-3-4-13-25)18-9-7-17(8-10-18)15-26-16-24-20-6-2-1-5-19(20)22(26)28/h1-6,12-13,16-18H,7-11,14-15H2,(H,23,27). The fraction of sp³-hybridized carbons (Fsp3) is 0.409. The van der Waals surface area contributed by atoms with E-state index in [1.54, 1.807) is 10.9 Å². The zero-order chi connectivity index (χ0) is 19.3. The quantitative estimate of drug-likeness (QED) is 0.717. The summed E-state index contributed by atoms with van der Waals surface area (Å²) in [5, 5.41) is 3.73. The lowest BCUT2D eigenvalue weighted by Crippen LogP contribution is -2.36. The zero-order valence-electron chi connectivity index (χ0n) is 16.0. The van der Waals surface area contributed by atoms with E-state index in [4.69, 9.17) is 0 Å². The topological polar surface area (TPSA) is 68.9 Å². The van der Waals surface area contributed by atoms with Gasteiger partial charge in [0, 0.05) is 37.9 Å². The molecule has 0 aliphatic heterocycles. The molecule has 6 nitrogen and oxygen atoms in total. The highest BCUT2D eigenvalue weighted by Gasteiger charge is 2.26. The van der Waals surface area contributed by atoms with Crippen molar-refractivity contribution in [3.05, 3.63) is 65.5 Å². The van der Waals surface area contributed by atoms with Gasteiger partial charge in [-0.15, -0.1) is 0 Å². The number of amides is 1. The summed E-state index contributed by atoms with van der Waals surface area (Å²) in [6.07, 6.45) is 9.36. The highest BCUT2D eigenvalue weighted by atomic mass is 16.2. The van der Waals surface area contributed by atoms with Crippen LogP contribution in [-0.4, -0.2) is 26.6 Å². The van der Waals surface area contributed by atoms with Crippen LogP contribution in [0.15, 0.2) is 59.9 Å². The maximum Gasteiger partial charge on any atom is 0.261 e. The maximum atomic E-state index is 12.6. The molecule has 6 heteroatoms. The molecule has 0 spiro atoms. The minimum atomic E-state index is 0.0236. The number of nitrogens with one attached hydrogen (secondary N) is 1. The summed E-state index contributed by atoms with van der Waals surface area (Å²) < 4.78 is 3.79. The minimum Gasteiger partial charge on any atom is -0.354 e. The predicted octanol–water partition coefficient (Wildman–Crippen LogP) is 2.82. The first-order valence-electron chi connectivity index (χ1n) is 10.0. The van der Waals surface area contributed by atoms with E-state index in [0.717, 1.165) is 37.7 Å². The van der Waals surface area contributed by atoms with Gasteiger partial charge in [-0.1, -0.05) is 12.1 Å². The van der Waals surface area contributed by atoms with Crippen molar-refractivity contribution in [2.45, 2.75) is 38.8 Å². The number of para-hydroxylation sites is 1. The van der Waals surface area contributed by atoms with E-state index in [1.165, 1.54) is 0 Å². The average Bonchev–Trinajstić information content (AvgIpc) is 3.24. The molecule has 146 valence electrons. The van der Waals surface area contributed by atoms with Crippen molar-refractivity contribution in [1.82, 2.24) is 19.4 Å². The summed E-state index contributed by atoms with van der Waals surface area (Å²) >= 11 is 0. The average molecular weight is 378 g/mol. The number of fused-ring (bicyclic) bond motifs is 1. The first-order chi connectivity index (χ1) is 13.7. The van der Waals surface area contributed by atoms with Crippen LogP contribution in [-0.2, 0) is 17.9 Å². The van der Waals surface area contributed by atoms with Gasteiger partial charge in [0.2, 0.25) is 5.91 Å². The van der Waals surface area contributed by atoms with Gasteiger partial charge in [-0.3, -0.25) is 14.2 Å². The summed E-state index contributed by atoms with van der Waals surface area (Å²) in [5.74, 6) is 0.673. The van der Waals surface area contributed by atoms with E-state index in [-0.39, 0.29) is 17.4 Å². The van der Waals surface area contributed by atoms with Crippen molar-refractivity contribution in [2.75, 3.05) is 6.54 Å². The molecule has 0 unspecified atom stereocenters. The van der Waals surface area contributed by atoms with Gasteiger partial charge in [-0.25, -0.2) is 4.98 Å². The van der Waals surface area contributed by atoms with Crippen LogP contribution in [0.3, 0.4) is 0 Å². The smallest absolute Gasteiger partial charge is 0.261 e. The van der Waals surface area contributed by atoms with Crippen molar-refractivity contribution in [2.24, 2.45) is 11.8 Å². The van der Waals surface area contributed by atoms with E-state index in [0.29, 0.717) is 24.4 Å². The molecule has 2 heterocycles. The van der Waals surface area contributed by atoms with Gasteiger partial charge in [-0.05, 0) is 55.9 Å². The summed E-state index contributed by atoms with van der Waals surface area (Å²) in [4.78, 5) is 29.5. The van der Waals surface area contributed by atoms with Gasteiger partial charge in [0.1, 0.15) is 0 Å². The minimum absolute atomic E-state index is 0.0236. The number of carbonyl (C=O) groups is 1. The summed E-state index contributed by atoms with van der Waals surface area (Å²) in [5.41, 5.74) is 0.763. The Hall–Kier alpha value is -2.89. The van der Waals surface area contributed by atoms with E-state index < -0.39 is 0 Å². The molecule has 1 N–H and O–H groups in total. The summed E-state index contributed by atoms with van der Waals surface area (Å²) in [6, 6.07) is 11.4. The lowest BCUT2D eigenvalue weighted by Gasteiger charge is -2.28. The van der Waals surface area contributed by atoms with Crippen molar-refractivity contribution in [1.29, 1.82) is 0 Å². The molecule has 1 amide bonds. The highest BCUT2D eigenvalue weighted by molar-refractivity contribution is 5.78. The molecule has 28 heavy (non-hydrogen) atoms. The number of hydrogen-bond acceptors (Lipinski definition) is 3. The monoisotopic (exact) mass is 378 g/mol. The number of carbonyl (C=O) groups excluding carboxylic acids is 1. The Morgan fingerprint density at radius 3 is 2.61 bits per heavy atom. The Bertz CT molecular complexity index is 985. The number of rotatable bonds is 6. The van der Waals surface area contributed by atoms with E-state index >= 15 is 0 Å². The van der Waals surface area contributed by atoms with Crippen LogP contribution < -0.4 is 10.9 Å². The Morgan fingerprint density at radius 2 is 1.82 bits per heavy atom. The Kier molecular flexibility index (Phi) is 5.55. The summed E-state index contributed by atoms with van der Waals surface area (Å²) in [7, 11) is 0. The van der Waals surface area contributed by atoms with Crippen LogP contribution in [0, 0.1) is 11.8 Å². The second kappa shape index (κ2) is 8.42. The molecular formula is C22H26N4O2. The Morgan fingerprint density at radius 1 is 1.07 bits per heavy atom. The maximum absolute atomic E-state index is 12.6. The number of aromatic nitrogens is 3. The number of hydrogen-bond donors (Lipinski definition) is 1. The first kappa shape index (κ1) is 18.5. The molecule has 0 radical (unpaired) electrons. The molecule has 2 aromatic heterocycles. The van der Waals surface area contributed by atoms with E-state index in [1.807, 2.05) is 48.8 Å². The fourth-order valence-electron chi connectivity index (χ4n) is 4.09. The lowest BCUT2D eigenvalue weighted by molar-refractivity contribution is -0.126. The van der Waals surface area contributed by atoms with Crippen molar-refractivity contribution in [3.8, 4) is 0 Å². The SMILES string of the molecule is O=C(NCCn1cccc1)C1CCC(Cn2cnc3ccccc3c2=O)CC1. The molecule has 0 atom stereocenters. The molecule has 3 aromatic rings. The van der Waals surface area contributed by atoms with Gasteiger partial charge in [0.05, 0.1) is 17.2 Å². The third-order valence-corrected chi connectivity index (χ3v) is 5.74. The van der Waals surface area contributed by atoms with Crippen LogP contribution in [0.2, 0.25) is 0 Å². The van der Waals surface area contributed by atoms with E-state index in [9.17, 15) is 9.59 Å². The molecule has 1 aliphatic carbocycles. The fourth-order valence-corrected chi connectivity index (χ4v) is 4.09. The van der Waals surface area contributed by atoms with Crippen LogP contribution in [0.4, 0.5) is 0 Å². The molecule has 0 bridgehead atoms. The number of benzene rings is 1. The van der Waals surface area contributed by atoms with Gasteiger partial charge >= 0.3 is 0 Å². The zero-order valence-corrected chi connectivity index (χ0v) is 16.0. The normalized spacial score (nSPS) is 19.6. The van der Waals surface area contributed by atoms with Gasteiger partial charge in [0.25, 0.3) is 5.56 Å². The Balaban J connectivity index is 1.28. The van der Waals surface area contributed by atoms with Crippen molar-refractivity contribution >= 4 is 16.8 Å². The summed E-state index contributed by atoms with van der Waals surface area (Å²) in [6.45, 7) is 2.14. The molecule has 0 saturated heterocycles. The van der Waals surface area contributed by atoms with Gasteiger partial charge < -0.3 is 9.88 Å². The lowest BCUT2D eigenvalue weighted by atomic mass is 9.81. The van der Waals surface area contributed by atoms with E-state index in [2.05, 4.69) is 14.9 Å². The molecule has 1 aliphatic rings. The third-order valence-electron chi connectivity index (χ3n) is 5.74. The predicted molar refractivity (Wildman–Crippen MR) is 109 cm³/mol. The molecule has 4 rings (SSSR count). The van der Waals surface area contributed by atoms with Crippen LogP contribution in [0.5, 0.6) is 0 Å². The largest absolute Gasteiger partial charge is 0.354 e. The number of nitrogens with zero attached hydrogens (tertiary/aromatic N) is 3. The van der Waals surface area contributed by atoms with Crippen molar-refractivity contribution < 1.29 is 4.79 Å². The Labute approximate surface area is 164 Å². The second-order valence-corrected chi connectivity index (χ2v) is 7.65. The third kappa shape index (κ3) is 4.16. The molecule has 1 fully saturated rings. The molecule has 1 aromatic carbocycles. The second-order valence-electron chi connectivity index (χ2n) is 7.65. The molecular weight excluding hydrogens is 352 g/mol. The van der Waals surface area contributed by atoms with Crippen LogP contribution in [0.25, 0.3) is 10.9 Å². The van der Waals surface area contributed by atoms with Crippen molar-refractivity contribution in [3.63, 3.8) is 0 Å². The molecule has 1 saturated carbocycles. The first-order valence-corrected chi connectivity index (χ1v) is 10.0.